The van der Waals surface area contributed by atoms with Crippen molar-refractivity contribution in [1.82, 2.24) is 9.97 Å². The van der Waals surface area contributed by atoms with Gasteiger partial charge in [-0.05, 0) is 43.7 Å². The lowest BCUT2D eigenvalue weighted by Crippen LogP contribution is -2.31. The highest BCUT2D eigenvalue weighted by Crippen LogP contribution is 2.23. The maximum Gasteiger partial charge on any atom is 0.255 e. The lowest BCUT2D eigenvalue weighted by molar-refractivity contribution is 0.102. The Balaban J connectivity index is 1.59. The first-order chi connectivity index (χ1) is 14.6. The quantitative estimate of drug-likeness (QED) is 0.481. The molecule has 2 aromatic heterocycles. The van der Waals surface area contributed by atoms with Crippen molar-refractivity contribution in [3.63, 3.8) is 0 Å². The highest BCUT2D eigenvalue weighted by atomic mass is 16.1. The molecule has 0 spiro atoms. The van der Waals surface area contributed by atoms with E-state index in [0.29, 0.717) is 11.3 Å². The van der Waals surface area contributed by atoms with Crippen LogP contribution in [0.5, 0.6) is 0 Å². The number of carbonyl (C=O) groups excluding carboxylic acids is 1. The van der Waals surface area contributed by atoms with Gasteiger partial charge in [0.25, 0.3) is 5.91 Å². The van der Waals surface area contributed by atoms with Crippen LogP contribution in [0, 0.1) is 0 Å². The number of nitrogens with one attached hydrogen (secondary N) is 1. The molecule has 0 aliphatic rings. The third-order valence-corrected chi connectivity index (χ3v) is 5.00. The summed E-state index contributed by atoms with van der Waals surface area (Å²) in [4.78, 5) is 24.1. The Morgan fingerprint density at radius 1 is 0.933 bits per heavy atom. The molecule has 1 amide bonds. The fourth-order valence-corrected chi connectivity index (χ4v) is 3.42. The molecule has 0 radical (unpaired) electrons. The van der Waals surface area contributed by atoms with Gasteiger partial charge in [0.15, 0.2) is 0 Å². The van der Waals surface area contributed by atoms with Crippen LogP contribution in [0.1, 0.15) is 29.8 Å². The molecule has 150 valence electrons. The zero-order chi connectivity index (χ0) is 20.9. The average Bonchev–Trinajstić information content (AvgIpc) is 2.78. The Morgan fingerprint density at radius 3 is 2.53 bits per heavy atom. The predicted molar refractivity (Wildman–Crippen MR) is 122 cm³/mol. The summed E-state index contributed by atoms with van der Waals surface area (Å²) in [5, 5.41) is 3.98. The Kier molecular flexibility index (Phi) is 5.70. The molecule has 0 saturated heterocycles. The minimum Gasteiger partial charge on any atom is -0.350 e. The van der Waals surface area contributed by atoms with Crippen LogP contribution in [0.2, 0.25) is 0 Å². The van der Waals surface area contributed by atoms with Crippen molar-refractivity contribution in [2.75, 3.05) is 10.2 Å². The zero-order valence-electron chi connectivity index (χ0n) is 17.1. The van der Waals surface area contributed by atoms with E-state index in [9.17, 15) is 4.79 Å². The fourth-order valence-electron chi connectivity index (χ4n) is 3.42. The summed E-state index contributed by atoms with van der Waals surface area (Å²) in [7, 11) is 0. The number of pyridine rings is 2. The van der Waals surface area contributed by atoms with E-state index in [1.54, 1.807) is 18.5 Å². The number of nitrogens with zero attached hydrogens (tertiary/aromatic N) is 3. The van der Waals surface area contributed by atoms with Gasteiger partial charge in [-0.25, -0.2) is 4.98 Å². The van der Waals surface area contributed by atoms with Crippen LogP contribution < -0.4 is 10.2 Å². The van der Waals surface area contributed by atoms with Gasteiger partial charge in [-0.15, -0.1) is 0 Å². The van der Waals surface area contributed by atoms with Gasteiger partial charge >= 0.3 is 0 Å². The first kappa shape index (κ1) is 19.6. The van der Waals surface area contributed by atoms with Gasteiger partial charge < -0.3 is 10.2 Å². The Morgan fingerprint density at radius 2 is 1.73 bits per heavy atom. The number of benzene rings is 2. The first-order valence-electron chi connectivity index (χ1n) is 10.0. The second-order valence-electron chi connectivity index (χ2n) is 7.44. The van der Waals surface area contributed by atoms with E-state index >= 15 is 0 Å². The van der Waals surface area contributed by atoms with Crippen molar-refractivity contribution in [3.05, 3.63) is 96.3 Å². The minimum atomic E-state index is -0.180. The summed E-state index contributed by atoms with van der Waals surface area (Å²) in [5.74, 6) is 0.595. The zero-order valence-corrected chi connectivity index (χ0v) is 17.1. The van der Waals surface area contributed by atoms with Crippen LogP contribution in [0.4, 0.5) is 11.5 Å². The molecule has 4 aromatic rings. The van der Waals surface area contributed by atoms with Crippen LogP contribution in [-0.4, -0.2) is 21.9 Å². The molecule has 2 aromatic carbocycles. The average molecular weight is 396 g/mol. The molecule has 5 heteroatoms. The van der Waals surface area contributed by atoms with E-state index in [1.807, 2.05) is 54.6 Å². The fraction of sp³-hybridized carbons (Fsp3) is 0.160. The van der Waals surface area contributed by atoms with Gasteiger partial charge in [0.05, 0.1) is 11.2 Å². The first-order valence-corrected chi connectivity index (χ1v) is 10.0. The number of anilines is 2. The summed E-state index contributed by atoms with van der Waals surface area (Å²) in [6.45, 7) is 4.97. The highest BCUT2D eigenvalue weighted by molar-refractivity contribution is 6.08. The van der Waals surface area contributed by atoms with Crippen LogP contribution in [0.15, 0.2) is 85.2 Å². The summed E-state index contributed by atoms with van der Waals surface area (Å²) >= 11 is 0. The molecule has 0 aliphatic heterocycles. The SMILES string of the molecule is CC(C)N(Cc1ccccc1)c1cc(C(=O)Nc2cccc3cccnc23)ccn1. The van der Waals surface area contributed by atoms with E-state index in [1.165, 1.54) is 5.56 Å². The van der Waals surface area contributed by atoms with Crippen molar-refractivity contribution in [3.8, 4) is 0 Å². The van der Waals surface area contributed by atoms with Gasteiger partial charge in [-0.2, -0.15) is 0 Å². The van der Waals surface area contributed by atoms with E-state index in [4.69, 9.17) is 0 Å². The number of carbonyl (C=O) groups is 1. The number of rotatable bonds is 6. The topological polar surface area (TPSA) is 58.1 Å². The van der Waals surface area contributed by atoms with Crippen molar-refractivity contribution >= 4 is 28.3 Å². The van der Waals surface area contributed by atoms with Gasteiger partial charge in [0.2, 0.25) is 0 Å². The summed E-state index contributed by atoms with van der Waals surface area (Å²) in [6, 6.07) is 23.7. The normalized spacial score (nSPS) is 10.9. The molecule has 0 aliphatic carbocycles. The second-order valence-corrected chi connectivity index (χ2v) is 7.44. The van der Waals surface area contributed by atoms with E-state index in [-0.39, 0.29) is 11.9 Å². The molecular weight excluding hydrogens is 372 g/mol. The maximum absolute atomic E-state index is 13.0. The van der Waals surface area contributed by atoms with Crippen LogP contribution in [0.25, 0.3) is 10.9 Å². The summed E-state index contributed by atoms with van der Waals surface area (Å²) in [6.07, 6.45) is 3.42. The molecule has 5 nitrogen and oxygen atoms in total. The molecule has 0 saturated carbocycles. The van der Waals surface area contributed by atoms with Crippen LogP contribution in [0.3, 0.4) is 0 Å². The summed E-state index contributed by atoms with van der Waals surface area (Å²) < 4.78 is 0. The standard InChI is InChI=1S/C25H24N4O/c1-18(2)29(17-19-8-4-3-5-9-19)23-16-21(13-15-26-23)25(30)28-22-12-6-10-20-11-7-14-27-24(20)22/h3-16,18H,17H2,1-2H3,(H,28,30). The van der Waals surface area contributed by atoms with Crippen molar-refractivity contribution in [2.24, 2.45) is 0 Å². The Bertz CT molecular complexity index is 1150. The monoisotopic (exact) mass is 396 g/mol. The molecule has 1 N–H and O–H groups in total. The van der Waals surface area contributed by atoms with E-state index < -0.39 is 0 Å². The van der Waals surface area contributed by atoms with Crippen molar-refractivity contribution in [2.45, 2.75) is 26.4 Å². The van der Waals surface area contributed by atoms with Gasteiger partial charge in [0.1, 0.15) is 5.82 Å². The largest absolute Gasteiger partial charge is 0.350 e. The molecule has 2 heterocycles. The summed E-state index contributed by atoms with van der Waals surface area (Å²) in [5.41, 5.74) is 3.23. The third kappa shape index (κ3) is 4.30. The molecular formula is C25H24N4O. The number of hydrogen-bond acceptors (Lipinski definition) is 4. The minimum absolute atomic E-state index is 0.180. The van der Waals surface area contributed by atoms with Gasteiger partial charge in [-0.1, -0.05) is 48.5 Å². The van der Waals surface area contributed by atoms with Crippen LogP contribution >= 0.6 is 0 Å². The molecule has 30 heavy (non-hydrogen) atoms. The molecule has 0 atom stereocenters. The highest BCUT2D eigenvalue weighted by Gasteiger charge is 2.16. The molecule has 4 rings (SSSR count). The number of aromatic nitrogens is 2. The lowest BCUT2D eigenvalue weighted by Gasteiger charge is -2.28. The second kappa shape index (κ2) is 8.74. The van der Waals surface area contributed by atoms with Crippen LogP contribution in [-0.2, 0) is 6.54 Å². The van der Waals surface area contributed by atoms with E-state index in [0.717, 1.165) is 23.3 Å². The number of para-hydroxylation sites is 1. The lowest BCUT2D eigenvalue weighted by atomic mass is 10.1. The maximum atomic E-state index is 13.0. The smallest absolute Gasteiger partial charge is 0.255 e. The Hall–Kier alpha value is -3.73. The number of hydrogen-bond donors (Lipinski definition) is 1. The van der Waals surface area contributed by atoms with Gasteiger partial charge in [0, 0.05) is 35.9 Å². The molecule has 0 bridgehead atoms. The predicted octanol–water partition coefficient (Wildman–Crippen LogP) is 5.30. The van der Waals surface area contributed by atoms with E-state index in [2.05, 4.69) is 46.2 Å². The van der Waals surface area contributed by atoms with Crippen molar-refractivity contribution < 1.29 is 4.79 Å². The van der Waals surface area contributed by atoms with Crippen molar-refractivity contribution in [1.29, 1.82) is 0 Å². The number of amides is 1. The third-order valence-electron chi connectivity index (χ3n) is 5.00. The molecule has 0 fully saturated rings. The Labute approximate surface area is 176 Å². The number of fused-ring (bicyclic) bond motifs is 1. The molecule has 0 unspecified atom stereocenters. The van der Waals surface area contributed by atoms with Gasteiger partial charge in [-0.3, -0.25) is 9.78 Å².